The molecule has 1 atom stereocenters. The molecule has 0 bridgehead atoms. The number of hydrogen-bond donors (Lipinski definition) is 2. The number of aliphatic hydroxyl groups is 1. The quantitative estimate of drug-likeness (QED) is 0.272. The number of aliphatic hydroxyl groups excluding tert-OH is 1. The zero-order chi connectivity index (χ0) is 28.5. The minimum absolute atomic E-state index is 0.00362. The summed E-state index contributed by atoms with van der Waals surface area (Å²) in [5.74, 6) is 0.796. The summed E-state index contributed by atoms with van der Waals surface area (Å²) < 4.78 is 8.20. The van der Waals surface area contributed by atoms with Gasteiger partial charge in [-0.1, -0.05) is 60.6 Å². The highest BCUT2D eigenvalue weighted by atomic mass is 16.5. The first-order valence-electron chi connectivity index (χ1n) is 14.6. The Hall–Kier alpha value is -2.31. The number of carbonyl (C=O) groups is 1. The molecule has 6 nitrogen and oxygen atoms in total. The van der Waals surface area contributed by atoms with Crippen LogP contribution in [0.15, 0.2) is 30.3 Å². The number of rotatable bonds is 15. The molecule has 1 amide bonds. The van der Waals surface area contributed by atoms with Crippen molar-refractivity contribution in [1.29, 1.82) is 0 Å². The van der Waals surface area contributed by atoms with E-state index in [1.54, 1.807) is 0 Å². The van der Waals surface area contributed by atoms with Gasteiger partial charge in [-0.3, -0.25) is 4.79 Å². The van der Waals surface area contributed by atoms with Crippen LogP contribution >= 0.6 is 0 Å². The first-order chi connectivity index (χ1) is 18.0. The molecule has 0 aliphatic rings. The Morgan fingerprint density at radius 3 is 2.24 bits per heavy atom. The molecular formula is C32H53N3O3. The van der Waals surface area contributed by atoms with Gasteiger partial charge in [-0.15, -0.1) is 0 Å². The van der Waals surface area contributed by atoms with Crippen LogP contribution < -0.4 is 10.1 Å². The van der Waals surface area contributed by atoms with Crippen molar-refractivity contribution in [3.05, 3.63) is 52.8 Å². The molecule has 1 heterocycles. The van der Waals surface area contributed by atoms with Gasteiger partial charge in [0, 0.05) is 24.2 Å². The maximum Gasteiger partial charge on any atom is 0.267 e. The fourth-order valence-corrected chi connectivity index (χ4v) is 5.26. The number of aryl methyl sites for hydroxylation is 1. The summed E-state index contributed by atoms with van der Waals surface area (Å²) in [6.07, 6.45) is 2.24. The third kappa shape index (κ3) is 7.41. The van der Waals surface area contributed by atoms with Crippen molar-refractivity contribution in [2.45, 2.75) is 99.6 Å². The van der Waals surface area contributed by atoms with Crippen molar-refractivity contribution in [2.24, 2.45) is 5.41 Å². The van der Waals surface area contributed by atoms with Crippen LogP contribution in [-0.4, -0.2) is 59.4 Å². The minimum Gasteiger partial charge on any atom is -0.491 e. The Labute approximate surface area is 231 Å². The molecule has 1 aromatic carbocycles. The van der Waals surface area contributed by atoms with Crippen LogP contribution in [0.2, 0.25) is 0 Å². The molecule has 1 unspecified atom stereocenters. The molecule has 0 saturated carbocycles. The van der Waals surface area contributed by atoms with Gasteiger partial charge in [0.1, 0.15) is 18.1 Å². The van der Waals surface area contributed by atoms with E-state index in [1.807, 2.05) is 32.9 Å². The van der Waals surface area contributed by atoms with Gasteiger partial charge in [0.05, 0.1) is 6.10 Å². The van der Waals surface area contributed by atoms with E-state index in [9.17, 15) is 9.90 Å². The molecule has 0 aliphatic carbocycles. The van der Waals surface area contributed by atoms with Crippen LogP contribution in [0.5, 0.6) is 5.75 Å². The normalized spacial score (nSPS) is 13.1. The molecular weight excluding hydrogens is 474 g/mol. The second kappa shape index (κ2) is 14.2. The Morgan fingerprint density at radius 1 is 1.05 bits per heavy atom. The second-order valence-electron chi connectivity index (χ2n) is 11.4. The maximum atomic E-state index is 13.2. The Morgan fingerprint density at radius 2 is 1.71 bits per heavy atom. The van der Waals surface area contributed by atoms with Gasteiger partial charge in [-0.25, -0.2) is 0 Å². The largest absolute Gasteiger partial charge is 0.491 e. The van der Waals surface area contributed by atoms with Gasteiger partial charge >= 0.3 is 0 Å². The third-order valence-corrected chi connectivity index (χ3v) is 8.18. The third-order valence-electron chi connectivity index (χ3n) is 8.18. The van der Waals surface area contributed by atoms with Gasteiger partial charge < -0.3 is 24.6 Å². The molecule has 1 aromatic heterocycles. The van der Waals surface area contributed by atoms with E-state index >= 15 is 0 Å². The van der Waals surface area contributed by atoms with Crippen molar-refractivity contribution < 1.29 is 14.6 Å². The van der Waals surface area contributed by atoms with Gasteiger partial charge in [0.2, 0.25) is 0 Å². The monoisotopic (exact) mass is 527 g/mol. The van der Waals surface area contributed by atoms with Gasteiger partial charge in [-0.2, -0.15) is 0 Å². The SMILES string of the molecule is CCN(CC)CCCNC(=O)c1ccc(C(CC)(CC)c2ccc(OCC(O)C(C)(C)C)c(C)c2)n1CC. The highest BCUT2D eigenvalue weighted by Gasteiger charge is 2.35. The highest BCUT2D eigenvalue weighted by molar-refractivity contribution is 5.93. The average Bonchev–Trinajstić information content (AvgIpc) is 3.33. The van der Waals surface area contributed by atoms with Gasteiger partial charge in [-0.05, 0) is 87.5 Å². The molecule has 6 heteroatoms. The minimum atomic E-state index is -0.540. The number of amides is 1. The van der Waals surface area contributed by atoms with E-state index in [0.717, 1.165) is 62.4 Å². The molecule has 214 valence electrons. The summed E-state index contributed by atoms with van der Waals surface area (Å²) in [6.45, 7) is 23.7. The number of aromatic nitrogens is 1. The van der Waals surface area contributed by atoms with Crippen LogP contribution in [0, 0.1) is 12.3 Å². The van der Waals surface area contributed by atoms with E-state index in [4.69, 9.17) is 4.74 Å². The summed E-state index contributed by atoms with van der Waals surface area (Å²) in [5, 5.41) is 13.5. The van der Waals surface area contributed by atoms with Crippen LogP contribution in [0.1, 0.15) is 102 Å². The molecule has 0 fully saturated rings. The number of ether oxygens (including phenoxy) is 1. The molecule has 0 aliphatic heterocycles. The zero-order valence-corrected chi connectivity index (χ0v) is 25.5. The fourth-order valence-electron chi connectivity index (χ4n) is 5.26. The molecule has 0 spiro atoms. The van der Waals surface area contributed by atoms with Gasteiger partial charge in [0.15, 0.2) is 0 Å². The molecule has 2 rings (SSSR count). The summed E-state index contributed by atoms with van der Waals surface area (Å²) >= 11 is 0. The second-order valence-corrected chi connectivity index (χ2v) is 11.4. The van der Waals surface area contributed by atoms with Crippen molar-refractivity contribution in [1.82, 2.24) is 14.8 Å². The first-order valence-corrected chi connectivity index (χ1v) is 14.6. The lowest BCUT2D eigenvalue weighted by molar-refractivity contribution is 0.0216. The predicted octanol–water partition coefficient (Wildman–Crippen LogP) is 6.17. The topological polar surface area (TPSA) is 66.7 Å². The standard InChI is InChI=1S/C32H53N3O3/c1-10-32(11-2,25-16-18-27(24(6)22-25)38-23-29(36)31(7,8)9)28-19-17-26(35(28)14-5)30(37)33-20-15-21-34(12-3)13-4/h16-19,22,29,36H,10-15,20-21,23H2,1-9H3,(H,33,37). The predicted molar refractivity (Wildman–Crippen MR) is 158 cm³/mol. The molecule has 38 heavy (non-hydrogen) atoms. The van der Waals surface area contributed by atoms with Crippen LogP contribution in [0.3, 0.4) is 0 Å². The van der Waals surface area contributed by atoms with E-state index < -0.39 is 6.10 Å². The van der Waals surface area contributed by atoms with Crippen LogP contribution in [0.25, 0.3) is 0 Å². The molecule has 0 radical (unpaired) electrons. The zero-order valence-electron chi connectivity index (χ0n) is 25.5. The fraction of sp³-hybridized carbons (Fsp3) is 0.656. The maximum absolute atomic E-state index is 13.2. The lowest BCUT2D eigenvalue weighted by atomic mass is 9.72. The summed E-state index contributed by atoms with van der Waals surface area (Å²) in [4.78, 5) is 15.6. The van der Waals surface area contributed by atoms with Crippen LogP contribution in [-0.2, 0) is 12.0 Å². The van der Waals surface area contributed by atoms with E-state index in [0.29, 0.717) is 6.54 Å². The number of nitrogens with one attached hydrogen (secondary N) is 1. The van der Waals surface area contributed by atoms with Crippen molar-refractivity contribution in [2.75, 3.05) is 32.8 Å². The lowest BCUT2D eigenvalue weighted by Gasteiger charge is -2.35. The smallest absolute Gasteiger partial charge is 0.267 e. The van der Waals surface area contributed by atoms with Crippen molar-refractivity contribution in [3.63, 3.8) is 0 Å². The first kappa shape index (κ1) is 31.9. The highest BCUT2D eigenvalue weighted by Crippen LogP contribution is 2.41. The van der Waals surface area contributed by atoms with E-state index in [1.165, 1.54) is 11.3 Å². The molecule has 2 N–H and O–H groups in total. The van der Waals surface area contributed by atoms with Crippen LogP contribution in [0.4, 0.5) is 0 Å². The van der Waals surface area contributed by atoms with E-state index in [2.05, 4.69) is 74.5 Å². The Balaban J connectivity index is 2.28. The van der Waals surface area contributed by atoms with Crippen molar-refractivity contribution in [3.8, 4) is 5.75 Å². The summed E-state index contributed by atoms with van der Waals surface area (Å²) in [5.41, 5.74) is 3.73. The number of benzene rings is 1. The number of nitrogens with zero attached hydrogens (tertiary/aromatic N) is 2. The van der Waals surface area contributed by atoms with E-state index in [-0.39, 0.29) is 23.3 Å². The average molecular weight is 528 g/mol. The summed E-state index contributed by atoms with van der Waals surface area (Å²) in [7, 11) is 0. The van der Waals surface area contributed by atoms with Crippen molar-refractivity contribution >= 4 is 5.91 Å². The lowest BCUT2D eigenvalue weighted by Crippen LogP contribution is -2.33. The number of hydrogen-bond acceptors (Lipinski definition) is 4. The molecule has 2 aromatic rings. The summed E-state index contributed by atoms with van der Waals surface area (Å²) in [6, 6.07) is 10.5. The van der Waals surface area contributed by atoms with Gasteiger partial charge in [0.25, 0.3) is 5.91 Å². The number of carbonyl (C=O) groups excluding carboxylic acids is 1. The Kier molecular flexibility index (Phi) is 11.9. The Bertz CT molecular complexity index is 1010. The molecule has 0 saturated heterocycles.